The third-order valence-electron chi connectivity index (χ3n) is 5.66. The van der Waals surface area contributed by atoms with Crippen LogP contribution in [0.4, 0.5) is 0 Å². The Labute approximate surface area is 126 Å². The van der Waals surface area contributed by atoms with Gasteiger partial charge in [-0.1, -0.05) is 49.7 Å². The topological polar surface area (TPSA) is 12.0 Å². The van der Waals surface area contributed by atoms with E-state index in [1.54, 1.807) is 0 Å². The molecule has 0 radical (unpaired) electrons. The average molecular weight is 324 g/mol. The van der Waals surface area contributed by atoms with E-state index in [0.717, 1.165) is 0 Å². The molecular formula is C17H26BrN. The Bertz CT molecular complexity index is 488. The van der Waals surface area contributed by atoms with Crippen LogP contribution in [0, 0.1) is 30.6 Å². The van der Waals surface area contributed by atoms with E-state index < -0.39 is 0 Å². The largest absolute Gasteiger partial charge is 0.313 e. The van der Waals surface area contributed by atoms with Gasteiger partial charge in [0.1, 0.15) is 0 Å². The SMILES string of the molecule is CNC(c1cc(C)c(Br)cc1C)C1C(C)(C)C1(C)C. The zero-order valence-corrected chi connectivity index (χ0v) is 14.8. The number of benzene rings is 1. The summed E-state index contributed by atoms with van der Waals surface area (Å²) in [5.74, 6) is 0.685. The van der Waals surface area contributed by atoms with Crippen LogP contribution in [0.1, 0.15) is 50.4 Å². The lowest BCUT2D eigenvalue weighted by molar-refractivity contribution is 0.436. The van der Waals surface area contributed by atoms with Gasteiger partial charge in [0.15, 0.2) is 0 Å². The van der Waals surface area contributed by atoms with Crippen LogP contribution < -0.4 is 5.32 Å². The second-order valence-corrected chi connectivity index (χ2v) is 8.00. The Hall–Kier alpha value is -0.340. The normalized spacial score (nSPS) is 22.3. The van der Waals surface area contributed by atoms with E-state index in [1.165, 1.54) is 21.2 Å². The molecule has 106 valence electrons. The average Bonchev–Trinajstić information content (AvgIpc) is 2.69. The number of halogens is 1. The maximum atomic E-state index is 3.63. The van der Waals surface area contributed by atoms with E-state index in [4.69, 9.17) is 0 Å². The van der Waals surface area contributed by atoms with Crippen LogP contribution in [0.5, 0.6) is 0 Å². The molecule has 0 spiro atoms. The van der Waals surface area contributed by atoms with E-state index in [-0.39, 0.29) is 0 Å². The molecule has 1 aliphatic rings. The Balaban J connectivity index is 2.43. The lowest BCUT2D eigenvalue weighted by Crippen LogP contribution is -2.22. The van der Waals surface area contributed by atoms with Crippen molar-refractivity contribution in [3.63, 3.8) is 0 Å². The molecule has 2 heteroatoms. The highest BCUT2D eigenvalue weighted by Gasteiger charge is 2.67. The van der Waals surface area contributed by atoms with Gasteiger partial charge in [-0.3, -0.25) is 0 Å². The van der Waals surface area contributed by atoms with E-state index >= 15 is 0 Å². The standard InChI is InChI=1S/C17H26BrN/c1-10-9-13(18)11(2)8-12(10)14(19-7)15-16(3,4)17(15,5)6/h8-9,14-15,19H,1-7H3. The van der Waals surface area contributed by atoms with E-state index in [0.29, 0.717) is 22.8 Å². The molecule has 19 heavy (non-hydrogen) atoms. The van der Waals surface area contributed by atoms with Crippen LogP contribution in [0.25, 0.3) is 0 Å². The summed E-state index contributed by atoms with van der Waals surface area (Å²) < 4.78 is 1.21. The third kappa shape index (κ3) is 2.17. The minimum absolute atomic E-state index is 0.397. The molecule has 1 saturated carbocycles. The van der Waals surface area contributed by atoms with Crippen LogP contribution in [-0.2, 0) is 0 Å². The molecule has 1 fully saturated rings. The minimum Gasteiger partial charge on any atom is -0.313 e. The number of rotatable bonds is 3. The molecule has 0 saturated heterocycles. The summed E-state index contributed by atoms with van der Waals surface area (Å²) in [7, 11) is 2.09. The first-order chi connectivity index (χ1) is 8.64. The molecule has 1 N–H and O–H groups in total. The van der Waals surface area contributed by atoms with Gasteiger partial charge < -0.3 is 5.32 Å². The van der Waals surface area contributed by atoms with Crippen LogP contribution in [0.2, 0.25) is 0 Å². The van der Waals surface area contributed by atoms with E-state index in [1.807, 2.05) is 0 Å². The van der Waals surface area contributed by atoms with Crippen molar-refractivity contribution in [3.05, 3.63) is 33.3 Å². The van der Waals surface area contributed by atoms with Crippen molar-refractivity contribution < 1.29 is 0 Å². The molecule has 1 atom stereocenters. The van der Waals surface area contributed by atoms with Gasteiger partial charge in [0, 0.05) is 10.5 Å². The van der Waals surface area contributed by atoms with Crippen molar-refractivity contribution in [2.24, 2.45) is 16.7 Å². The predicted octanol–water partition coefficient (Wildman–Crippen LogP) is 5.01. The summed E-state index contributed by atoms with van der Waals surface area (Å²) in [6.07, 6.45) is 0. The van der Waals surface area contributed by atoms with Crippen molar-refractivity contribution >= 4 is 15.9 Å². The summed E-state index contributed by atoms with van der Waals surface area (Å²) >= 11 is 3.63. The molecule has 1 aromatic rings. The van der Waals surface area contributed by atoms with Crippen molar-refractivity contribution in [3.8, 4) is 0 Å². The summed E-state index contributed by atoms with van der Waals surface area (Å²) in [6.45, 7) is 14.0. The highest BCUT2D eigenvalue weighted by Crippen LogP contribution is 2.72. The highest BCUT2D eigenvalue weighted by atomic mass is 79.9. The fourth-order valence-electron chi connectivity index (χ4n) is 3.72. The Morgan fingerprint density at radius 1 is 1.05 bits per heavy atom. The van der Waals surface area contributed by atoms with E-state index in [9.17, 15) is 0 Å². The second kappa shape index (κ2) is 4.60. The highest BCUT2D eigenvalue weighted by molar-refractivity contribution is 9.10. The van der Waals surface area contributed by atoms with Gasteiger partial charge in [0.2, 0.25) is 0 Å². The molecule has 2 rings (SSSR count). The van der Waals surface area contributed by atoms with Gasteiger partial charge in [-0.25, -0.2) is 0 Å². The first-order valence-electron chi connectivity index (χ1n) is 7.08. The molecule has 1 aromatic carbocycles. The summed E-state index contributed by atoms with van der Waals surface area (Å²) in [5.41, 5.74) is 4.93. The maximum absolute atomic E-state index is 3.63. The zero-order chi connectivity index (χ0) is 14.6. The van der Waals surface area contributed by atoms with Crippen LogP contribution in [0.3, 0.4) is 0 Å². The fourth-order valence-corrected chi connectivity index (χ4v) is 4.18. The molecule has 1 nitrogen and oxygen atoms in total. The first-order valence-corrected chi connectivity index (χ1v) is 7.87. The number of nitrogens with one attached hydrogen (secondary N) is 1. The lowest BCUT2D eigenvalue weighted by atomic mass is 9.92. The lowest BCUT2D eigenvalue weighted by Gasteiger charge is -2.22. The van der Waals surface area contributed by atoms with Crippen molar-refractivity contribution in [2.75, 3.05) is 7.05 Å². The van der Waals surface area contributed by atoms with Gasteiger partial charge in [0.25, 0.3) is 0 Å². The van der Waals surface area contributed by atoms with Crippen molar-refractivity contribution in [1.29, 1.82) is 0 Å². The predicted molar refractivity (Wildman–Crippen MR) is 86.5 cm³/mol. The molecule has 0 aromatic heterocycles. The van der Waals surface area contributed by atoms with Crippen LogP contribution in [0.15, 0.2) is 16.6 Å². The molecule has 0 heterocycles. The number of hydrogen-bond acceptors (Lipinski definition) is 1. The molecular weight excluding hydrogens is 298 g/mol. The number of aryl methyl sites for hydroxylation is 2. The van der Waals surface area contributed by atoms with Crippen LogP contribution >= 0.6 is 15.9 Å². The van der Waals surface area contributed by atoms with E-state index in [2.05, 4.69) is 82.0 Å². The molecule has 1 unspecified atom stereocenters. The molecule has 0 amide bonds. The Kier molecular flexibility index (Phi) is 3.64. The van der Waals surface area contributed by atoms with Gasteiger partial charge in [-0.15, -0.1) is 0 Å². The second-order valence-electron chi connectivity index (χ2n) is 7.15. The smallest absolute Gasteiger partial charge is 0.0359 e. The van der Waals surface area contributed by atoms with Crippen LogP contribution in [-0.4, -0.2) is 7.05 Å². The summed E-state index contributed by atoms with van der Waals surface area (Å²) in [5, 5.41) is 3.56. The Morgan fingerprint density at radius 2 is 1.58 bits per heavy atom. The van der Waals surface area contributed by atoms with Gasteiger partial charge in [-0.05, 0) is 60.4 Å². The van der Waals surface area contributed by atoms with Gasteiger partial charge in [-0.2, -0.15) is 0 Å². The van der Waals surface area contributed by atoms with Crippen molar-refractivity contribution in [2.45, 2.75) is 47.6 Å². The maximum Gasteiger partial charge on any atom is 0.0359 e. The van der Waals surface area contributed by atoms with Gasteiger partial charge >= 0.3 is 0 Å². The minimum atomic E-state index is 0.397. The molecule has 0 bridgehead atoms. The fraction of sp³-hybridized carbons (Fsp3) is 0.647. The van der Waals surface area contributed by atoms with Crippen molar-refractivity contribution in [1.82, 2.24) is 5.32 Å². The molecule has 0 aliphatic heterocycles. The first kappa shape index (κ1) is 15.1. The summed E-state index contributed by atoms with van der Waals surface area (Å²) in [6, 6.07) is 5.03. The quantitative estimate of drug-likeness (QED) is 0.824. The monoisotopic (exact) mass is 323 g/mol. The van der Waals surface area contributed by atoms with Gasteiger partial charge in [0.05, 0.1) is 0 Å². The number of hydrogen-bond donors (Lipinski definition) is 1. The molecule has 1 aliphatic carbocycles. The zero-order valence-electron chi connectivity index (χ0n) is 13.2. The Morgan fingerprint density at radius 3 is 2.00 bits per heavy atom. The summed E-state index contributed by atoms with van der Waals surface area (Å²) in [4.78, 5) is 0. The third-order valence-corrected chi connectivity index (χ3v) is 6.51.